The molecule has 2 aliphatic rings. The van der Waals surface area contributed by atoms with Gasteiger partial charge in [-0.2, -0.15) is 13.9 Å². The number of anilines is 1. The van der Waals surface area contributed by atoms with Gasteiger partial charge in [-0.1, -0.05) is 17.7 Å². The number of benzene rings is 2. The van der Waals surface area contributed by atoms with Crippen LogP contribution in [0.2, 0.25) is 5.02 Å². The SMILES string of the molecule is CNc1c(-c2cc3sc(C)nc3nc2C(Cc2cc(F)cc(F)c2)NC(=O)Cn2nc(C(F)F)c3c2C(F)(F)C2CC32)ccc(Cl)c1C(=N)N. The fraction of sp³-hybridized carbons (Fsp3) is 0.303. The molecule has 1 saturated carbocycles. The van der Waals surface area contributed by atoms with Gasteiger partial charge in [0.2, 0.25) is 5.91 Å². The van der Waals surface area contributed by atoms with Crippen LogP contribution in [0.5, 0.6) is 0 Å². The number of carbonyl (C=O) groups is 1. The average Bonchev–Trinajstić information content (AvgIpc) is 3.53. The third kappa shape index (κ3) is 5.73. The van der Waals surface area contributed by atoms with Crippen LogP contribution >= 0.6 is 22.9 Å². The highest BCUT2D eigenvalue weighted by Crippen LogP contribution is 2.68. The van der Waals surface area contributed by atoms with Crippen LogP contribution in [-0.4, -0.2) is 38.5 Å². The second-order valence-electron chi connectivity index (χ2n) is 12.3. The number of amides is 1. The summed E-state index contributed by atoms with van der Waals surface area (Å²) in [5.74, 6) is -8.32. The van der Waals surface area contributed by atoms with Crippen molar-refractivity contribution in [1.29, 1.82) is 5.41 Å². The average molecular weight is 733 g/mol. The van der Waals surface area contributed by atoms with E-state index < -0.39 is 65.7 Å². The first-order valence-electron chi connectivity index (χ1n) is 15.3. The highest BCUT2D eigenvalue weighted by molar-refractivity contribution is 7.18. The van der Waals surface area contributed by atoms with Gasteiger partial charge in [-0.25, -0.2) is 27.5 Å². The standard InChI is InChI=1S/C33H27ClF6N8OS/c1-12-44-32-22(50-12)10-17(16-3-4-20(34)25(31(41)42)27(16)43-2)26(46-32)21(7-13-5-14(35)8-15(36)6-13)45-23(49)11-48-29-24(28(47-48)30(37)38)18-9-19(18)33(29,39)40/h3-6,8,10,18-19,21,30,43H,7,9,11H2,1-2H3,(H3,41,42)(H,45,49). The maximum absolute atomic E-state index is 15.3. The predicted molar refractivity (Wildman–Crippen MR) is 176 cm³/mol. The zero-order valence-electron chi connectivity index (χ0n) is 26.2. The van der Waals surface area contributed by atoms with Crippen LogP contribution in [0.3, 0.4) is 0 Å². The van der Waals surface area contributed by atoms with Gasteiger partial charge in [-0.3, -0.25) is 14.9 Å². The molecular weight excluding hydrogens is 706 g/mol. The molecule has 5 N–H and O–H groups in total. The smallest absolute Gasteiger partial charge is 0.293 e. The van der Waals surface area contributed by atoms with E-state index in [1.807, 2.05) is 0 Å². The first-order valence-corrected chi connectivity index (χ1v) is 16.5. The number of pyridine rings is 1. The molecule has 7 rings (SSSR count). The maximum atomic E-state index is 15.3. The topological polar surface area (TPSA) is 135 Å². The van der Waals surface area contributed by atoms with Crippen LogP contribution < -0.4 is 16.4 Å². The summed E-state index contributed by atoms with van der Waals surface area (Å²) in [6.07, 6.45) is -3.31. The van der Waals surface area contributed by atoms with E-state index in [1.165, 1.54) is 17.4 Å². The first-order chi connectivity index (χ1) is 23.7. The van der Waals surface area contributed by atoms with E-state index in [-0.39, 0.29) is 46.1 Å². The third-order valence-electron chi connectivity index (χ3n) is 8.97. The van der Waals surface area contributed by atoms with Crippen molar-refractivity contribution < 1.29 is 31.1 Å². The molecule has 3 heterocycles. The van der Waals surface area contributed by atoms with Gasteiger partial charge in [-0.05, 0) is 55.5 Å². The minimum atomic E-state index is -3.45. The zero-order valence-corrected chi connectivity index (χ0v) is 27.8. The molecule has 0 aliphatic heterocycles. The van der Waals surface area contributed by atoms with Gasteiger partial charge in [0.1, 0.15) is 35.4 Å². The molecule has 2 aliphatic carbocycles. The number of aromatic nitrogens is 4. The number of alkyl halides is 4. The van der Waals surface area contributed by atoms with E-state index in [0.29, 0.717) is 42.9 Å². The molecule has 5 aromatic rings. The highest BCUT2D eigenvalue weighted by atomic mass is 35.5. The molecule has 3 unspecified atom stereocenters. The van der Waals surface area contributed by atoms with Gasteiger partial charge in [0.25, 0.3) is 12.3 Å². The van der Waals surface area contributed by atoms with E-state index in [0.717, 1.165) is 12.1 Å². The number of fused-ring (bicyclic) bond motifs is 4. The summed E-state index contributed by atoms with van der Waals surface area (Å²) in [4.78, 5) is 23.0. The zero-order chi connectivity index (χ0) is 35.8. The Morgan fingerprint density at radius 2 is 1.86 bits per heavy atom. The van der Waals surface area contributed by atoms with E-state index in [1.54, 1.807) is 26.1 Å². The molecule has 3 aromatic heterocycles. The van der Waals surface area contributed by atoms with E-state index in [2.05, 4.69) is 20.7 Å². The van der Waals surface area contributed by atoms with Crippen molar-refractivity contribution in [1.82, 2.24) is 25.1 Å². The summed E-state index contributed by atoms with van der Waals surface area (Å²) in [7, 11) is 1.59. The Labute approximate surface area is 289 Å². The Kier molecular flexibility index (Phi) is 8.28. The monoisotopic (exact) mass is 732 g/mol. The van der Waals surface area contributed by atoms with Crippen LogP contribution in [0, 0.1) is 29.9 Å². The van der Waals surface area contributed by atoms with Crippen molar-refractivity contribution in [2.45, 2.75) is 50.6 Å². The molecule has 0 bridgehead atoms. The Balaban J connectivity index is 1.36. The van der Waals surface area contributed by atoms with Crippen molar-refractivity contribution in [3.05, 3.63) is 91.8 Å². The molecule has 0 spiro atoms. The quantitative estimate of drug-likeness (QED) is 0.0673. The Hall–Kier alpha value is -4.70. The number of nitrogens with one attached hydrogen (secondary N) is 3. The molecule has 1 amide bonds. The predicted octanol–water partition coefficient (Wildman–Crippen LogP) is 7.37. The van der Waals surface area contributed by atoms with Crippen LogP contribution in [0.4, 0.5) is 32.0 Å². The lowest BCUT2D eigenvalue weighted by Gasteiger charge is -2.24. The third-order valence-corrected chi connectivity index (χ3v) is 10.2. The number of nitrogens with zero attached hydrogens (tertiary/aromatic N) is 4. The van der Waals surface area contributed by atoms with Gasteiger partial charge in [0, 0.05) is 35.7 Å². The van der Waals surface area contributed by atoms with Gasteiger partial charge in [0.05, 0.1) is 37.7 Å². The second-order valence-corrected chi connectivity index (χ2v) is 13.9. The van der Waals surface area contributed by atoms with Crippen molar-refractivity contribution in [3.8, 4) is 11.1 Å². The minimum absolute atomic E-state index is 0.0571. The Morgan fingerprint density at radius 3 is 2.52 bits per heavy atom. The van der Waals surface area contributed by atoms with Crippen LogP contribution in [0.15, 0.2) is 36.4 Å². The molecule has 0 saturated heterocycles. The number of carbonyl (C=O) groups excluding carboxylic acids is 1. The Morgan fingerprint density at radius 1 is 1.14 bits per heavy atom. The van der Waals surface area contributed by atoms with E-state index >= 15 is 8.78 Å². The number of thiazole rings is 1. The highest BCUT2D eigenvalue weighted by Gasteiger charge is 2.67. The first kappa shape index (κ1) is 33.8. The van der Waals surface area contributed by atoms with E-state index in [4.69, 9.17) is 27.7 Å². The van der Waals surface area contributed by atoms with Crippen molar-refractivity contribution in [2.24, 2.45) is 11.7 Å². The summed E-state index contributed by atoms with van der Waals surface area (Å²) in [6.45, 7) is 0.925. The normalized spacial score (nSPS) is 17.9. The number of rotatable bonds is 10. The van der Waals surface area contributed by atoms with Crippen LogP contribution in [0.25, 0.3) is 21.5 Å². The largest absolute Gasteiger partial charge is 0.387 e. The lowest BCUT2D eigenvalue weighted by Crippen LogP contribution is -2.35. The second kappa shape index (κ2) is 12.3. The van der Waals surface area contributed by atoms with E-state index in [9.17, 15) is 22.4 Å². The molecule has 0 radical (unpaired) electrons. The molecular formula is C33H27ClF6N8OS. The number of aryl methyl sites for hydroxylation is 1. The molecule has 1 fully saturated rings. The summed E-state index contributed by atoms with van der Waals surface area (Å²) in [5, 5.41) is 18.5. The number of halogens is 7. The molecule has 3 atom stereocenters. The van der Waals surface area contributed by atoms with Crippen LogP contribution in [0.1, 0.15) is 63.6 Å². The maximum Gasteiger partial charge on any atom is 0.293 e. The van der Waals surface area contributed by atoms with Gasteiger partial charge in [0.15, 0.2) is 5.65 Å². The molecule has 17 heteroatoms. The number of nitrogen functional groups attached to an aromatic ring is 1. The summed E-state index contributed by atoms with van der Waals surface area (Å²) < 4.78 is 88.5. The number of hydrogen-bond acceptors (Lipinski definition) is 7. The molecule has 2 aromatic carbocycles. The summed E-state index contributed by atoms with van der Waals surface area (Å²) >= 11 is 7.75. The van der Waals surface area contributed by atoms with Gasteiger partial charge in [-0.15, -0.1) is 11.3 Å². The number of hydrogen-bond donors (Lipinski definition) is 4. The van der Waals surface area contributed by atoms with Crippen molar-refractivity contribution >= 4 is 50.7 Å². The van der Waals surface area contributed by atoms with Crippen LogP contribution in [-0.2, 0) is 23.7 Å². The lowest BCUT2D eigenvalue weighted by molar-refractivity contribution is -0.123. The summed E-state index contributed by atoms with van der Waals surface area (Å²) in [5.41, 5.74) is 6.17. The number of nitrogens with two attached hydrogens (primary N) is 1. The lowest BCUT2D eigenvalue weighted by atomic mass is 9.92. The van der Waals surface area contributed by atoms with Gasteiger partial charge < -0.3 is 16.4 Å². The van der Waals surface area contributed by atoms with Crippen molar-refractivity contribution in [3.63, 3.8) is 0 Å². The van der Waals surface area contributed by atoms with Gasteiger partial charge >= 0.3 is 0 Å². The molecule has 260 valence electrons. The molecule has 9 nitrogen and oxygen atoms in total. The summed E-state index contributed by atoms with van der Waals surface area (Å²) in [6, 6.07) is 6.58. The number of amidine groups is 1. The molecule has 50 heavy (non-hydrogen) atoms. The fourth-order valence-corrected chi connectivity index (χ4v) is 7.99. The minimum Gasteiger partial charge on any atom is -0.387 e. The fourth-order valence-electron chi connectivity index (χ4n) is 6.93. The Bertz CT molecular complexity index is 2200. The van der Waals surface area contributed by atoms with Crippen molar-refractivity contribution in [2.75, 3.05) is 12.4 Å².